The fourth-order valence-corrected chi connectivity index (χ4v) is 2.04. The molecule has 0 radical (unpaired) electrons. The Labute approximate surface area is 95.2 Å². The van der Waals surface area contributed by atoms with Crippen LogP contribution in [0.4, 0.5) is 5.69 Å². The van der Waals surface area contributed by atoms with E-state index < -0.39 is 0 Å². The highest BCUT2D eigenvalue weighted by molar-refractivity contribution is 5.93. The van der Waals surface area contributed by atoms with Crippen LogP contribution in [0.1, 0.15) is 23.6 Å². The van der Waals surface area contributed by atoms with Gasteiger partial charge in [-0.1, -0.05) is 12.1 Å². The number of benzene rings is 1. The van der Waals surface area contributed by atoms with E-state index in [9.17, 15) is 4.79 Å². The molecule has 4 N–H and O–H groups in total. The number of nitrogens with two attached hydrogens (primary N) is 1. The summed E-state index contributed by atoms with van der Waals surface area (Å²) < 4.78 is 0. The van der Waals surface area contributed by atoms with Gasteiger partial charge in [-0.05, 0) is 30.7 Å². The molecule has 4 heteroatoms. The number of nitrogens with one attached hydrogen (secondary N) is 2. The number of carbonyl (C=O) groups is 1. The van der Waals surface area contributed by atoms with Gasteiger partial charge in [-0.25, -0.2) is 0 Å². The van der Waals surface area contributed by atoms with Gasteiger partial charge in [-0.15, -0.1) is 0 Å². The molecule has 0 aromatic heterocycles. The van der Waals surface area contributed by atoms with Crippen LogP contribution in [0.15, 0.2) is 18.2 Å². The summed E-state index contributed by atoms with van der Waals surface area (Å²) in [4.78, 5) is 11.2. The van der Waals surface area contributed by atoms with Gasteiger partial charge in [0.1, 0.15) is 0 Å². The second kappa shape index (κ2) is 4.63. The Bertz CT molecular complexity index is 399. The zero-order valence-electron chi connectivity index (χ0n) is 9.42. The number of fused-ring (bicyclic) bond motifs is 1. The number of anilines is 1. The Balaban J connectivity index is 2.28. The molecule has 1 aliphatic heterocycles. The second-order valence-corrected chi connectivity index (χ2v) is 4.04. The zero-order valence-corrected chi connectivity index (χ0v) is 9.42. The summed E-state index contributed by atoms with van der Waals surface area (Å²) in [7, 11) is 1.90. The van der Waals surface area contributed by atoms with Crippen molar-refractivity contribution in [2.75, 3.05) is 18.9 Å². The van der Waals surface area contributed by atoms with Crippen molar-refractivity contribution in [2.24, 2.45) is 5.73 Å². The molecule has 1 amide bonds. The van der Waals surface area contributed by atoms with Crippen molar-refractivity contribution in [3.63, 3.8) is 0 Å². The van der Waals surface area contributed by atoms with Crippen molar-refractivity contribution in [2.45, 2.75) is 18.9 Å². The predicted molar refractivity (Wildman–Crippen MR) is 64.2 cm³/mol. The molecule has 86 valence electrons. The average Bonchev–Trinajstić information content (AvgIpc) is 2.31. The van der Waals surface area contributed by atoms with Crippen LogP contribution in [0.3, 0.4) is 0 Å². The van der Waals surface area contributed by atoms with Crippen LogP contribution in [0, 0.1) is 0 Å². The molecule has 1 unspecified atom stereocenters. The van der Waals surface area contributed by atoms with Crippen LogP contribution in [0.2, 0.25) is 0 Å². The number of amides is 1. The van der Waals surface area contributed by atoms with E-state index in [0.29, 0.717) is 13.0 Å². The molecule has 1 aromatic rings. The lowest BCUT2D eigenvalue weighted by molar-refractivity contribution is -0.116. The van der Waals surface area contributed by atoms with Gasteiger partial charge >= 0.3 is 0 Å². The van der Waals surface area contributed by atoms with E-state index in [2.05, 4.69) is 16.7 Å². The highest BCUT2D eigenvalue weighted by Crippen LogP contribution is 2.25. The monoisotopic (exact) mass is 219 g/mol. The van der Waals surface area contributed by atoms with Crippen molar-refractivity contribution >= 4 is 11.6 Å². The molecular formula is C12H17N3O. The van der Waals surface area contributed by atoms with E-state index in [1.165, 1.54) is 11.1 Å². The summed E-state index contributed by atoms with van der Waals surface area (Å²) in [5.74, 6) is 0.101. The lowest BCUT2D eigenvalue weighted by Gasteiger charge is -2.20. The first-order valence-corrected chi connectivity index (χ1v) is 5.54. The van der Waals surface area contributed by atoms with Crippen LogP contribution in [-0.2, 0) is 11.2 Å². The number of hydrogen-bond donors (Lipinski definition) is 3. The Morgan fingerprint density at radius 1 is 1.50 bits per heavy atom. The van der Waals surface area contributed by atoms with Crippen LogP contribution < -0.4 is 16.4 Å². The molecule has 0 spiro atoms. The number of hydrogen-bond acceptors (Lipinski definition) is 3. The van der Waals surface area contributed by atoms with Crippen molar-refractivity contribution < 1.29 is 4.79 Å². The van der Waals surface area contributed by atoms with E-state index in [4.69, 9.17) is 5.73 Å². The molecule has 0 aliphatic carbocycles. The molecule has 4 nitrogen and oxygen atoms in total. The molecule has 1 aromatic carbocycles. The molecule has 1 aliphatic rings. The second-order valence-electron chi connectivity index (χ2n) is 4.04. The topological polar surface area (TPSA) is 67.1 Å². The minimum Gasteiger partial charge on any atom is -0.329 e. The van der Waals surface area contributed by atoms with Gasteiger partial charge in [-0.3, -0.25) is 4.79 Å². The standard InChI is InChI=1S/C12H17N3O/c1-14-11(7-13)9-2-4-10-8(6-9)3-5-12(16)15-10/h2,4,6,11,14H,3,5,7,13H2,1H3,(H,15,16). The van der Waals surface area contributed by atoms with Gasteiger partial charge in [0.15, 0.2) is 0 Å². The minimum atomic E-state index is 0.101. The third-order valence-electron chi connectivity index (χ3n) is 3.01. The molecule has 16 heavy (non-hydrogen) atoms. The highest BCUT2D eigenvalue weighted by Gasteiger charge is 2.16. The number of rotatable bonds is 3. The summed E-state index contributed by atoms with van der Waals surface area (Å²) in [6.07, 6.45) is 1.39. The third-order valence-corrected chi connectivity index (χ3v) is 3.01. The van der Waals surface area contributed by atoms with Crippen molar-refractivity contribution in [3.05, 3.63) is 29.3 Å². The van der Waals surface area contributed by atoms with Gasteiger partial charge in [-0.2, -0.15) is 0 Å². The Morgan fingerprint density at radius 2 is 2.31 bits per heavy atom. The summed E-state index contributed by atoms with van der Waals surface area (Å²) in [6, 6.07) is 6.28. The lowest BCUT2D eigenvalue weighted by Crippen LogP contribution is -2.25. The molecule has 1 heterocycles. The van der Waals surface area contributed by atoms with Gasteiger partial charge in [0.25, 0.3) is 0 Å². The number of likely N-dealkylation sites (N-methyl/N-ethyl adjacent to an activating group) is 1. The Kier molecular flexibility index (Phi) is 3.22. The first-order valence-electron chi connectivity index (χ1n) is 5.54. The summed E-state index contributed by atoms with van der Waals surface area (Å²) in [5.41, 5.74) is 9.00. The maximum Gasteiger partial charge on any atom is 0.224 e. The van der Waals surface area contributed by atoms with Gasteiger partial charge < -0.3 is 16.4 Å². The van der Waals surface area contributed by atoms with Crippen molar-refractivity contribution in [1.82, 2.24) is 5.32 Å². The summed E-state index contributed by atoms with van der Waals surface area (Å²) >= 11 is 0. The molecule has 0 fully saturated rings. The fraction of sp³-hybridized carbons (Fsp3) is 0.417. The quantitative estimate of drug-likeness (QED) is 0.704. The maximum absolute atomic E-state index is 11.2. The first kappa shape index (κ1) is 11.1. The smallest absolute Gasteiger partial charge is 0.224 e. The average molecular weight is 219 g/mol. The number of aryl methyl sites for hydroxylation is 1. The minimum absolute atomic E-state index is 0.101. The third kappa shape index (κ3) is 2.08. The molecule has 0 saturated carbocycles. The van der Waals surface area contributed by atoms with Crippen LogP contribution in [-0.4, -0.2) is 19.5 Å². The molecule has 0 saturated heterocycles. The normalized spacial score (nSPS) is 16.5. The predicted octanol–water partition coefficient (Wildman–Crippen LogP) is 0.790. The van der Waals surface area contributed by atoms with E-state index in [1.54, 1.807) is 0 Å². The lowest BCUT2D eigenvalue weighted by atomic mass is 9.97. The van der Waals surface area contributed by atoms with Crippen LogP contribution >= 0.6 is 0 Å². The first-order chi connectivity index (χ1) is 7.74. The van der Waals surface area contributed by atoms with E-state index in [-0.39, 0.29) is 11.9 Å². The Hall–Kier alpha value is -1.39. The van der Waals surface area contributed by atoms with Gasteiger partial charge in [0, 0.05) is 24.7 Å². The fourth-order valence-electron chi connectivity index (χ4n) is 2.04. The summed E-state index contributed by atoms with van der Waals surface area (Å²) in [5, 5.41) is 6.04. The largest absolute Gasteiger partial charge is 0.329 e. The zero-order chi connectivity index (χ0) is 11.5. The molecule has 2 rings (SSSR count). The molecule has 0 bridgehead atoms. The van der Waals surface area contributed by atoms with Crippen molar-refractivity contribution in [1.29, 1.82) is 0 Å². The number of carbonyl (C=O) groups excluding carboxylic acids is 1. The summed E-state index contributed by atoms with van der Waals surface area (Å²) in [6.45, 7) is 0.571. The van der Waals surface area contributed by atoms with E-state index >= 15 is 0 Å². The highest BCUT2D eigenvalue weighted by atomic mass is 16.1. The molecule has 1 atom stereocenters. The SMILES string of the molecule is CNC(CN)c1ccc2c(c1)CCC(=O)N2. The molecular weight excluding hydrogens is 202 g/mol. The van der Waals surface area contributed by atoms with E-state index in [0.717, 1.165) is 12.1 Å². The van der Waals surface area contributed by atoms with E-state index in [1.807, 2.05) is 19.2 Å². The van der Waals surface area contributed by atoms with Crippen molar-refractivity contribution in [3.8, 4) is 0 Å². The van der Waals surface area contributed by atoms with Crippen LogP contribution in [0.5, 0.6) is 0 Å². The maximum atomic E-state index is 11.2. The van der Waals surface area contributed by atoms with Gasteiger partial charge in [0.05, 0.1) is 0 Å². The van der Waals surface area contributed by atoms with Crippen LogP contribution in [0.25, 0.3) is 0 Å². The Morgan fingerprint density at radius 3 is 3.00 bits per heavy atom. The van der Waals surface area contributed by atoms with Gasteiger partial charge in [0.2, 0.25) is 5.91 Å².